The molecule has 2 aliphatic rings. The van der Waals surface area contributed by atoms with Crippen LogP contribution in [0.25, 0.3) is 0 Å². The van der Waals surface area contributed by atoms with Crippen molar-refractivity contribution in [2.45, 2.75) is 31.8 Å². The van der Waals surface area contributed by atoms with Gasteiger partial charge in [0.15, 0.2) is 0 Å². The van der Waals surface area contributed by atoms with E-state index in [1.807, 2.05) is 25.3 Å². The van der Waals surface area contributed by atoms with Crippen LogP contribution in [0, 0.1) is 18.8 Å². The fourth-order valence-corrected chi connectivity index (χ4v) is 4.73. The summed E-state index contributed by atoms with van der Waals surface area (Å²) in [6, 6.07) is 5.79. The van der Waals surface area contributed by atoms with Crippen LogP contribution in [0.2, 0.25) is 0 Å². The Morgan fingerprint density at radius 1 is 1.32 bits per heavy atom. The van der Waals surface area contributed by atoms with Crippen molar-refractivity contribution in [3.63, 3.8) is 0 Å². The van der Waals surface area contributed by atoms with Crippen molar-refractivity contribution < 1.29 is 9.53 Å². The summed E-state index contributed by atoms with van der Waals surface area (Å²) in [6.07, 6.45) is 3.62. The van der Waals surface area contributed by atoms with E-state index >= 15 is 0 Å². The Morgan fingerprint density at radius 2 is 1.95 bits per heavy atom. The zero-order valence-electron chi connectivity index (χ0n) is 13.8. The molecule has 1 amide bonds. The van der Waals surface area contributed by atoms with Crippen LogP contribution >= 0.6 is 0 Å². The zero-order chi connectivity index (χ0) is 15.9. The van der Waals surface area contributed by atoms with Crippen molar-refractivity contribution >= 4 is 5.91 Å². The summed E-state index contributed by atoms with van der Waals surface area (Å²) < 4.78 is 6.22. The average Bonchev–Trinajstić information content (AvgIpc) is 2.47. The molecule has 4 heteroatoms. The van der Waals surface area contributed by atoms with E-state index < -0.39 is 0 Å². The first-order valence-electron chi connectivity index (χ1n) is 8.13. The summed E-state index contributed by atoms with van der Waals surface area (Å²) in [7, 11) is 4.02. The number of nitrogens with two attached hydrogens (primary N) is 1. The predicted octanol–water partition coefficient (Wildman–Crippen LogP) is 2.30. The number of piperidine rings is 1. The van der Waals surface area contributed by atoms with Crippen molar-refractivity contribution in [3.8, 4) is 0 Å². The highest BCUT2D eigenvalue weighted by Gasteiger charge is 2.53. The highest BCUT2D eigenvalue weighted by Crippen LogP contribution is 2.52. The van der Waals surface area contributed by atoms with E-state index in [4.69, 9.17) is 10.5 Å². The number of benzene rings is 1. The second-order valence-corrected chi connectivity index (χ2v) is 6.94. The van der Waals surface area contributed by atoms with E-state index in [0.717, 1.165) is 18.7 Å². The molecule has 2 atom stereocenters. The monoisotopic (exact) mass is 302 g/mol. The van der Waals surface area contributed by atoms with Crippen LogP contribution in [0.5, 0.6) is 0 Å². The normalized spacial score (nSPS) is 32.0. The van der Waals surface area contributed by atoms with E-state index in [2.05, 4.69) is 18.9 Å². The van der Waals surface area contributed by atoms with Crippen molar-refractivity contribution in [3.05, 3.63) is 34.9 Å². The lowest BCUT2D eigenvalue weighted by atomic mass is 9.61. The van der Waals surface area contributed by atoms with Crippen LogP contribution in [-0.4, -0.2) is 38.1 Å². The first-order chi connectivity index (χ1) is 10.5. The highest BCUT2D eigenvalue weighted by atomic mass is 16.5. The largest absolute Gasteiger partial charge is 0.373 e. The van der Waals surface area contributed by atoms with Gasteiger partial charge in [0.25, 0.3) is 0 Å². The second kappa shape index (κ2) is 5.67. The van der Waals surface area contributed by atoms with E-state index in [0.29, 0.717) is 17.4 Å². The lowest BCUT2D eigenvalue weighted by Gasteiger charge is -2.55. The number of aryl methyl sites for hydroxylation is 1. The lowest BCUT2D eigenvalue weighted by Crippen LogP contribution is -2.58. The molecule has 0 radical (unpaired) electrons. The van der Waals surface area contributed by atoms with E-state index in [1.54, 1.807) is 0 Å². The number of methoxy groups -OCH3 is 1. The van der Waals surface area contributed by atoms with Crippen LogP contribution in [0.1, 0.15) is 40.7 Å². The molecular weight excluding hydrogens is 276 g/mol. The smallest absolute Gasteiger partial charge is 0.248 e. The Labute approximate surface area is 132 Å². The summed E-state index contributed by atoms with van der Waals surface area (Å²) in [4.78, 5) is 14.0. The molecule has 0 aromatic heterocycles. The van der Waals surface area contributed by atoms with Crippen LogP contribution in [0.4, 0.5) is 0 Å². The maximum atomic E-state index is 11.6. The van der Waals surface area contributed by atoms with Gasteiger partial charge in [-0.05, 0) is 50.1 Å². The molecule has 1 saturated carbocycles. The van der Waals surface area contributed by atoms with E-state index in [1.165, 1.54) is 24.8 Å². The van der Waals surface area contributed by atoms with Gasteiger partial charge in [0.1, 0.15) is 5.60 Å². The Morgan fingerprint density at radius 3 is 2.50 bits per heavy atom. The highest BCUT2D eigenvalue weighted by molar-refractivity contribution is 5.93. The van der Waals surface area contributed by atoms with Crippen molar-refractivity contribution in [2.24, 2.45) is 17.6 Å². The molecule has 1 aromatic carbocycles. The predicted molar refractivity (Wildman–Crippen MR) is 86.7 cm³/mol. The van der Waals surface area contributed by atoms with Crippen molar-refractivity contribution in [1.82, 2.24) is 4.90 Å². The number of primary amides is 1. The summed E-state index contributed by atoms with van der Waals surface area (Å²) in [5.74, 6) is 0.569. The third-order valence-corrected chi connectivity index (χ3v) is 5.66. The Bertz CT molecular complexity index is 570. The number of hydrogen-bond donors (Lipinski definition) is 1. The lowest BCUT2D eigenvalue weighted by molar-refractivity contribution is -0.165. The number of hydrogen-bond acceptors (Lipinski definition) is 3. The molecule has 1 aliphatic carbocycles. The fourth-order valence-electron chi connectivity index (χ4n) is 4.73. The summed E-state index contributed by atoms with van der Waals surface area (Å²) >= 11 is 0. The number of carbonyl (C=O) groups excluding carboxylic acids is 1. The first-order valence-corrected chi connectivity index (χ1v) is 8.13. The van der Waals surface area contributed by atoms with Gasteiger partial charge >= 0.3 is 0 Å². The Hall–Kier alpha value is -1.39. The molecule has 2 bridgehead atoms. The molecule has 1 aliphatic heterocycles. The molecule has 22 heavy (non-hydrogen) atoms. The minimum absolute atomic E-state index is 0.277. The molecule has 2 unspecified atom stereocenters. The molecule has 1 heterocycles. The van der Waals surface area contributed by atoms with Crippen molar-refractivity contribution in [2.75, 3.05) is 27.2 Å². The van der Waals surface area contributed by atoms with Crippen LogP contribution in [-0.2, 0) is 10.3 Å². The minimum Gasteiger partial charge on any atom is -0.373 e. The number of fused-ring (bicyclic) bond motifs is 2. The zero-order valence-corrected chi connectivity index (χ0v) is 13.8. The molecule has 3 rings (SSSR count). The number of likely N-dealkylation sites (tertiary alicyclic amines) is 1. The van der Waals surface area contributed by atoms with Gasteiger partial charge in [-0.2, -0.15) is 0 Å². The van der Waals surface area contributed by atoms with Crippen LogP contribution in [0.15, 0.2) is 18.2 Å². The van der Waals surface area contributed by atoms with Gasteiger partial charge in [0.05, 0.1) is 0 Å². The maximum Gasteiger partial charge on any atom is 0.248 e. The standard InChI is InChI=1S/C18H26N2O2/c1-12-7-8-13(17(19)21)9-16(12)18(22-3)14-5-4-6-15(18)11-20(2)10-14/h7-9,14-15H,4-6,10-11H2,1-3H3,(H2,19,21). The molecule has 0 spiro atoms. The number of nitrogens with zero attached hydrogens (tertiary/aromatic N) is 1. The Balaban J connectivity index is 2.14. The molecule has 4 nitrogen and oxygen atoms in total. The fraction of sp³-hybridized carbons (Fsp3) is 0.611. The molecule has 1 saturated heterocycles. The molecule has 2 N–H and O–H groups in total. The van der Waals surface area contributed by atoms with Gasteiger partial charge in [-0.15, -0.1) is 0 Å². The molecule has 2 fully saturated rings. The third kappa shape index (κ3) is 2.25. The minimum atomic E-state index is -0.370. The quantitative estimate of drug-likeness (QED) is 0.932. The SMILES string of the molecule is COC1(c2cc(C(N)=O)ccc2C)C2CCCC1CN(C)C2. The van der Waals surface area contributed by atoms with E-state index in [-0.39, 0.29) is 11.5 Å². The van der Waals surface area contributed by atoms with E-state index in [9.17, 15) is 4.79 Å². The third-order valence-electron chi connectivity index (χ3n) is 5.66. The van der Waals surface area contributed by atoms with Gasteiger partial charge in [-0.1, -0.05) is 12.5 Å². The van der Waals surface area contributed by atoms with Gasteiger partial charge in [-0.3, -0.25) is 4.79 Å². The number of ether oxygens (including phenoxy) is 1. The van der Waals surface area contributed by atoms with Gasteiger partial charge in [0.2, 0.25) is 5.91 Å². The maximum absolute atomic E-state index is 11.6. The topological polar surface area (TPSA) is 55.6 Å². The summed E-state index contributed by atoms with van der Waals surface area (Å²) in [5, 5.41) is 0. The van der Waals surface area contributed by atoms with Crippen LogP contribution in [0.3, 0.4) is 0 Å². The van der Waals surface area contributed by atoms with Gasteiger partial charge in [-0.25, -0.2) is 0 Å². The van der Waals surface area contributed by atoms with Gasteiger partial charge < -0.3 is 15.4 Å². The summed E-state index contributed by atoms with van der Waals surface area (Å²) in [6.45, 7) is 4.20. The van der Waals surface area contributed by atoms with Crippen molar-refractivity contribution in [1.29, 1.82) is 0 Å². The first kappa shape index (κ1) is 15.5. The number of rotatable bonds is 3. The molecular formula is C18H26N2O2. The van der Waals surface area contributed by atoms with Crippen LogP contribution < -0.4 is 5.73 Å². The second-order valence-electron chi connectivity index (χ2n) is 6.94. The molecule has 120 valence electrons. The summed E-state index contributed by atoms with van der Waals surface area (Å²) in [5.41, 5.74) is 8.15. The number of carbonyl (C=O) groups is 1. The Kier molecular flexibility index (Phi) is 4.00. The van der Waals surface area contributed by atoms with Gasteiger partial charge in [0, 0.05) is 37.6 Å². The molecule has 1 aromatic rings. The number of amides is 1. The average molecular weight is 302 g/mol.